The van der Waals surface area contributed by atoms with Crippen LogP contribution < -0.4 is 9.47 Å². The van der Waals surface area contributed by atoms with Gasteiger partial charge in [0.05, 0.1) is 26.1 Å². The normalized spacial score (nSPS) is 13.1. The molecule has 2 rings (SSSR count). The lowest BCUT2D eigenvalue weighted by atomic mass is 10.0. The first-order valence-corrected chi connectivity index (χ1v) is 21.9. The third-order valence-corrected chi connectivity index (χ3v) is 9.63. The van der Waals surface area contributed by atoms with Gasteiger partial charge in [-0.1, -0.05) is 101 Å². The fourth-order valence-corrected chi connectivity index (χ4v) is 6.13. The van der Waals surface area contributed by atoms with Crippen LogP contribution in [0, 0.1) is 11.8 Å². The molecule has 0 aliphatic carbocycles. The van der Waals surface area contributed by atoms with E-state index in [9.17, 15) is 19.2 Å². The third-order valence-electron chi connectivity index (χ3n) is 9.63. The fourth-order valence-electron chi connectivity index (χ4n) is 6.13. The second-order valence-corrected chi connectivity index (χ2v) is 15.1. The quantitative estimate of drug-likeness (QED) is 0.0126. The molecule has 0 spiro atoms. The number of hydrogen-bond acceptors (Lipinski definition) is 14. The zero-order valence-electron chi connectivity index (χ0n) is 37.0. The molecule has 63 heavy (non-hydrogen) atoms. The summed E-state index contributed by atoms with van der Waals surface area (Å²) in [6.45, 7) is 10.4. The van der Waals surface area contributed by atoms with Gasteiger partial charge in [0, 0.05) is 12.2 Å². The van der Waals surface area contributed by atoms with E-state index in [1.54, 1.807) is 24.3 Å². The van der Waals surface area contributed by atoms with Crippen LogP contribution in [0.5, 0.6) is 11.5 Å². The Morgan fingerprint density at radius 1 is 0.556 bits per heavy atom. The van der Waals surface area contributed by atoms with Gasteiger partial charge in [0.15, 0.2) is 12.2 Å². The van der Waals surface area contributed by atoms with Crippen molar-refractivity contribution in [1.29, 1.82) is 0 Å². The summed E-state index contributed by atoms with van der Waals surface area (Å²) in [5, 5.41) is 18.1. The average molecular weight is 881 g/mol. The number of allylic oxidation sites excluding steroid dienone is 4. The van der Waals surface area contributed by atoms with E-state index >= 15 is 0 Å². The van der Waals surface area contributed by atoms with Gasteiger partial charge in [-0.05, 0) is 92.2 Å². The molecule has 2 aromatic rings. The van der Waals surface area contributed by atoms with Crippen molar-refractivity contribution in [3.63, 3.8) is 0 Å². The molecule has 0 bridgehead atoms. The maximum atomic E-state index is 12.9. The average Bonchev–Trinajstić information content (AvgIpc) is 3.28. The van der Waals surface area contributed by atoms with Crippen molar-refractivity contribution in [1.82, 2.24) is 0 Å². The SMILES string of the molecule is C=CC(=O)OCC(COc1ccc(Cc2ccc(OCC(COC(=O)C=C)OC(=O)CC(CC=CCCCCC)COO)cc2)cc1)OC(=O)CC(CC=CCCCCC)COO. The van der Waals surface area contributed by atoms with Crippen LogP contribution in [-0.2, 0) is 54.3 Å². The molecule has 0 aromatic heterocycles. The minimum Gasteiger partial charge on any atom is -0.490 e. The summed E-state index contributed by atoms with van der Waals surface area (Å²) >= 11 is 0. The fraction of sp³-hybridized carbons (Fsp3) is 0.510. The Hall–Kier alpha value is -5.28. The molecule has 0 aliphatic heterocycles. The number of ether oxygens (including phenoxy) is 6. The molecule has 4 unspecified atom stereocenters. The van der Waals surface area contributed by atoms with Gasteiger partial charge in [-0.25, -0.2) is 19.4 Å². The lowest BCUT2D eigenvalue weighted by molar-refractivity contribution is -0.251. The van der Waals surface area contributed by atoms with E-state index in [4.69, 9.17) is 38.9 Å². The van der Waals surface area contributed by atoms with Crippen LogP contribution in [-0.4, -0.2) is 86.2 Å². The summed E-state index contributed by atoms with van der Waals surface area (Å²) in [7, 11) is 0. The Balaban J connectivity index is 1.95. The lowest BCUT2D eigenvalue weighted by Gasteiger charge is -2.20. The predicted octanol–water partition coefficient (Wildman–Crippen LogP) is 9.36. The molecule has 14 nitrogen and oxygen atoms in total. The van der Waals surface area contributed by atoms with Crippen molar-refractivity contribution in [3.8, 4) is 11.5 Å². The van der Waals surface area contributed by atoms with E-state index in [0.29, 0.717) is 30.8 Å². The minimum absolute atomic E-state index is 0.0158. The van der Waals surface area contributed by atoms with Crippen LogP contribution in [0.4, 0.5) is 0 Å². The zero-order valence-corrected chi connectivity index (χ0v) is 37.0. The van der Waals surface area contributed by atoms with Crippen molar-refractivity contribution >= 4 is 23.9 Å². The second kappa shape index (κ2) is 34.2. The van der Waals surface area contributed by atoms with E-state index in [-0.39, 0.29) is 64.3 Å². The van der Waals surface area contributed by atoms with Crippen LogP contribution >= 0.6 is 0 Å². The van der Waals surface area contributed by atoms with Gasteiger partial charge < -0.3 is 28.4 Å². The third kappa shape index (κ3) is 26.1. The lowest BCUT2D eigenvalue weighted by Crippen LogP contribution is -2.31. The standard InChI is InChI=1S/C49H68O14/c1-5-9-11-13-15-17-19-40(32-60-54)30-48(52)62-44(36-58-46(50)7-3)34-56-42-25-21-38(22-26-42)29-39-23-27-43(28-24-39)57-35-45(37-59-47(51)8-4)63-49(53)31-41(33-61-55)20-18-16-14-12-10-6-2/h7-8,15-18,21-28,40-41,44-45,54-55H,3-6,9-14,19-20,29-37H2,1-2H3. The highest BCUT2D eigenvalue weighted by molar-refractivity contribution is 5.81. The van der Waals surface area contributed by atoms with Crippen LogP contribution in [0.15, 0.2) is 98.1 Å². The summed E-state index contributed by atoms with van der Waals surface area (Å²) < 4.78 is 33.4. The molecule has 4 atom stereocenters. The second-order valence-electron chi connectivity index (χ2n) is 15.1. The summed E-state index contributed by atoms with van der Waals surface area (Å²) in [4.78, 5) is 58.0. The Kier molecular flexibility index (Phi) is 29.3. The van der Waals surface area contributed by atoms with Gasteiger partial charge in [-0.3, -0.25) is 20.1 Å². The van der Waals surface area contributed by atoms with E-state index in [0.717, 1.165) is 74.6 Å². The summed E-state index contributed by atoms with van der Waals surface area (Å²) in [6.07, 6.45) is 18.5. The molecule has 14 heteroatoms. The smallest absolute Gasteiger partial charge is 0.330 e. The number of esters is 4. The Bertz CT molecular complexity index is 1530. The van der Waals surface area contributed by atoms with E-state index in [1.165, 1.54) is 0 Å². The van der Waals surface area contributed by atoms with Crippen LogP contribution in [0.25, 0.3) is 0 Å². The minimum atomic E-state index is -0.900. The monoisotopic (exact) mass is 880 g/mol. The summed E-state index contributed by atoms with van der Waals surface area (Å²) in [5.74, 6) is -2.01. The highest BCUT2D eigenvalue weighted by atomic mass is 17.1. The number of hydrogen-bond donors (Lipinski definition) is 2. The molecule has 0 radical (unpaired) electrons. The van der Waals surface area contributed by atoms with Gasteiger partial charge in [0.1, 0.15) is 37.9 Å². The molecule has 348 valence electrons. The number of carbonyl (C=O) groups excluding carboxylic acids is 4. The highest BCUT2D eigenvalue weighted by Gasteiger charge is 2.23. The maximum absolute atomic E-state index is 12.9. The first-order chi connectivity index (χ1) is 30.6. The molecule has 2 aromatic carbocycles. The van der Waals surface area contributed by atoms with Crippen LogP contribution in [0.3, 0.4) is 0 Å². The molecule has 2 N–H and O–H groups in total. The van der Waals surface area contributed by atoms with Gasteiger partial charge >= 0.3 is 23.9 Å². The van der Waals surface area contributed by atoms with Crippen LogP contribution in [0.2, 0.25) is 0 Å². The van der Waals surface area contributed by atoms with Crippen molar-refractivity contribution in [2.75, 3.05) is 39.6 Å². The van der Waals surface area contributed by atoms with E-state index in [2.05, 4.69) is 48.9 Å². The number of rotatable bonds is 36. The largest absolute Gasteiger partial charge is 0.490 e. The first-order valence-electron chi connectivity index (χ1n) is 21.9. The van der Waals surface area contributed by atoms with E-state index in [1.807, 2.05) is 36.4 Å². The molecule has 0 aliphatic rings. The van der Waals surface area contributed by atoms with E-state index < -0.39 is 36.1 Å². The first kappa shape index (κ1) is 53.9. The summed E-state index contributed by atoms with van der Waals surface area (Å²) in [6, 6.07) is 14.7. The van der Waals surface area contributed by atoms with Gasteiger partial charge in [0.25, 0.3) is 0 Å². The number of carbonyl (C=O) groups is 4. The highest BCUT2D eigenvalue weighted by Crippen LogP contribution is 2.20. The Morgan fingerprint density at radius 3 is 1.30 bits per heavy atom. The van der Waals surface area contributed by atoms with Gasteiger partial charge in [-0.15, -0.1) is 0 Å². The topological polar surface area (TPSA) is 183 Å². The molecule has 0 saturated carbocycles. The Labute approximate surface area is 372 Å². The van der Waals surface area contributed by atoms with Gasteiger partial charge in [-0.2, -0.15) is 0 Å². The van der Waals surface area contributed by atoms with Crippen molar-refractivity contribution < 1.29 is 67.9 Å². The molecule has 0 amide bonds. The molecule has 0 fully saturated rings. The maximum Gasteiger partial charge on any atom is 0.330 e. The number of unbranched alkanes of at least 4 members (excludes halogenated alkanes) is 6. The zero-order chi connectivity index (χ0) is 45.9. The molecule has 0 heterocycles. The Morgan fingerprint density at radius 2 is 0.952 bits per heavy atom. The van der Waals surface area contributed by atoms with Crippen molar-refractivity contribution in [3.05, 3.63) is 109 Å². The van der Waals surface area contributed by atoms with Gasteiger partial charge in [0.2, 0.25) is 0 Å². The van der Waals surface area contributed by atoms with Crippen molar-refractivity contribution in [2.45, 2.75) is 110 Å². The van der Waals surface area contributed by atoms with Crippen LogP contribution in [0.1, 0.15) is 102 Å². The molecular weight excluding hydrogens is 813 g/mol. The van der Waals surface area contributed by atoms with Crippen molar-refractivity contribution in [2.24, 2.45) is 11.8 Å². The molecular formula is C49H68O14. The predicted molar refractivity (Wildman–Crippen MR) is 238 cm³/mol. The number of benzene rings is 2. The molecule has 0 saturated heterocycles. The summed E-state index contributed by atoms with van der Waals surface area (Å²) in [5.41, 5.74) is 1.98.